The monoisotopic (exact) mass is 544 g/mol. The zero-order valence-electron chi connectivity index (χ0n) is 15.2. The van der Waals surface area contributed by atoms with Crippen LogP contribution in [0.3, 0.4) is 0 Å². The SMILES string of the molecule is O=S1(=O)OC(c2c(F)c(F)c(F)c(F)c2F)C2=C1C(c1c(F)c(F)c(F)c(F)c1F)OS2(=O)=O. The van der Waals surface area contributed by atoms with Gasteiger partial charge in [-0.25, -0.2) is 43.9 Å². The Labute approximate surface area is 181 Å². The molecule has 0 spiro atoms. The number of halogens is 10. The van der Waals surface area contributed by atoms with Gasteiger partial charge in [-0.2, -0.15) is 16.8 Å². The molecule has 0 radical (unpaired) electrons. The molecular formula is C16H2F10O6S2. The summed E-state index contributed by atoms with van der Waals surface area (Å²) in [5.41, 5.74) is -4.29. The van der Waals surface area contributed by atoms with E-state index in [1.165, 1.54) is 0 Å². The van der Waals surface area contributed by atoms with Crippen LogP contribution in [0.4, 0.5) is 43.9 Å². The van der Waals surface area contributed by atoms with E-state index in [1.807, 2.05) is 0 Å². The number of rotatable bonds is 2. The first-order chi connectivity index (χ1) is 15.5. The van der Waals surface area contributed by atoms with Crippen LogP contribution in [-0.2, 0) is 28.6 Å². The van der Waals surface area contributed by atoms with E-state index in [-0.39, 0.29) is 0 Å². The van der Waals surface area contributed by atoms with E-state index in [0.29, 0.717) is 0 Å². The molecule has 0 fully saturated rings. The van der Waals surface area contributed by atoms with E-state index in [9.17, 15) is 60.7 Å². The van der Waals surface area contributed by atoms with Gasteiger partial charge in [0.05, 0.1) is 11.1 Å². The van der Waals surface area contributed by atoms with Crippen LogP contribution in [0.15, 0.2) is 9.81 Å². The lowest BCUT2D eigenvalue weighted by atomic mass is 10.0. The van der Waals surface area contributed by atoms with Crippen molar-refractivity contribution in [3.05, 3.63) is 79.1 Å². The average molecular weight is 544 g/mol. The molecule has 0 bridgehead atoms. The van der Waals surface area contributed by atoms with Crippen LogP contribution in [0.25, 0.3) is 0 Å². The molecule has 0 aromatic heterocycles. The van der Waals surface area contributed by atoms with E-state index >= 15 is 0 Å². The van der Waals surface area contributed by atoms with Crippen molar-refractivity contribution in [2.75, 3.05) is 0 Å². The smallest absolute Gasteiger partial charge is 0.252 e. The van der Waals surface area contributed by atoms with Gasteiger partial charge in [0.1, 0.15) is 22.0 Å². The molecule has 6 nitrogen and oxygen atoms in total. The van der Waals surface area contributed by atoms with E-state index in [4.69, 9.17) is 0 Å². The minimum absolute atomic E-state index is 1.90. The fourth-order valence-electron chi connectivity index (χ4n) is 3.27. The summed E-state index contributed by atoms with van der Waals surface area (Å²) in [7, 11) is -11.4. The topological polar surface area (TPSA) is 86.7 Å². The molecule has 18 heteroatoms. The summed E-state index contributed by atoms with van der Waals surface area (Å²) in [6, 6.07) is 0. The second-order valence-corrected chi connectivity index (χ2v) is 9.64. The number of hydrogen-bond donors (Lipinski definition) is 0. The van der Waals surface area contributed by atoms with E-state index in [2.05, 4.69) is 8.37 Å². The lowest BCUT2D eigenvalue weighted by Crippen LogP contribution is -2.20. The van der Waals surface area contributed by atoms with Gasteiger partial charge in [0, 0.05) is 0 Å². The van der Waals surface area contributed by atoms with Crippen molar-refractivity contribution < 1.29 is 69.1 Å². The zero-order valence-corrected chi connectivity index (χ0v) is 16.8. The van der Waals surface area contributed by atoms with Crippen LogP contribution in [0.1, 0.15) is 23.3 Å². The molecule has 2 aromatic carbocycles. The highest BCUT2D eigenvalue weighted by atomic mass is 32.2. The highest BCUT2D eigenvalue weighted by Gasteiger charge is 2.59. The molecule has 0 amide bonds. The zero-order chi connectivity index (χ0) is 25.7. The van der Waals surface area contributed by atoms with E-state index in [1.54, 1.807) is 0 Å². The summed E-state index contributed by atoms with van der Waals surface area (Å²) in [6.07, 6.45) is -6.33. The Balaban J connectivity index is 2.07. The maximum absolute atomic E-state index is 14.2. The lowest BCUT2D eigenvalue weighted by molar-refractivity contribution is 0.227. The number of hydrogen-bond acceptors (Lipinski definition) is 6. The molecule has 34 heavy (non-hydrogen) atoms. The molecule has 2 aliphatic rings. The Morgan fingerprint density at radius 3 is 0.853 bits per heavy atom. The second kappa shape index (κ2) is 7.40. The van der Waals surface area contributed by atoms with Gasteiger partial charge < -0.3 is 0 Å². The molecule has 0 saturated heterocycles. The normalized spacial score (nSPS) is 23.0. The van der Waals surface area contributed by atoms with Crippen LogP contribution in [-0.4, -0.2) is 16.8 Å². The molecule has 0 N–H and O–H groups in total. The largest absolute Gasteiger partial charge is 0.298 e. The number of benzene rings is 2. The molecule has 2 aromatic rings. The molecule has 2 atom stereocenters. The quantitative estimate of drug-likeness (QED) is 0.248. The van der Waals surface area contributed by atoms with Crippen LogP contribution in [0.5, 0.6) is 0 Å². The first-order valence-electron chi connectivity index (χ1n) is 8.17. The summed E-state index contributed by atoms with van der Waals surface area (Å²) in [4.78, 5) is -3.80. The molecular weight excluding hydrogens is 542 g/mol. The van der Waals surface area contributed by atoms with Gasteiger partial charge >= 0.3 is 0 Å². The maximum Gasteiger partial charge on any atom is 0.298 e. The van der Waals surface area contributed by atoms with Crippen molar-refractivity contribution in [2.45, 2.75) is 12.2 Å². The predicted molar refractivity (Wildman–Crippen MR) is 85.0 cm³/mol. The van der Waals surface area contributed by atoms with Gasteiger partial charge in [-0.05, 0) is 0 Å². The fraction of sp³-hybridized carbons (Fsp3) is 0.125. The highest BCUT2D eigenvalue weighted by Crippen LogP contribution is 2.55. The van der Waals surface area contributed by atoms with Crippen LogP contribution in [0.2, 0.25) is 0 Å². The molecule has 4 rings (SSSR count). The van der Waals surface area contributed by atoms with Gasteiger partial charge in [0.2, 0.25) is 11.6 Å². The van der Waals surface area contributed by atoms with Gasteiger partial charge in [0.25, 0.3) is 20.2 Å². The predicted octanol–water partition coefficient (Wildman–Crippen LogP) is 3.79. The summed E-state index contributed by atoms with van der Waals surface area (Å²) in [6.45, 7) is 0. The van der Waals surface area contributed by atoms with Crippen LogP contribution >= 0.6 is 0 Å². The third kappa shape index (κ3) is 3.08. The van der Waals surface area contributed by atoms with Crippen molar-refractivity contribution in [1.29, 1.82) is 0 Å². The van der Waals surface area contributed by atoms with Gasteiger partial charge in [0.15, 0.2) is 46.5 Å². The van der Waals surface area contributed by atoms with Gasteiger partial charge in [-0.3, -0.25) is 8.37 Å². The van der Waals surface area contributed by atoms with Crippen LogP contribution < -0.4 is 0 Å². The van der Waals surface area contributed by atoms with Crippen molar-refractivity contribution in [1.82, 2.24) is 0 Å². The Kier molecular flexibility index (Phi) is 5.31. The molecule has 184 valence electrons. The standard InChI is InChI=1S/C16H2F10O6S2/c17-3-1(4(18)8(22)11(25)7(3)21)13-15-16(34(29,30)31-13)14(32-33(15,27)28)2-5(19)9(23)12(26)10(24)6(2)20/h13-14H. The maximum atomic E-state index is 14.2. The van der Waals surface area contributed by atoms with E-state index in [0.717, 1.165) is 0 Å². The summed E-state index contributed by atoms with van der Waals surface area (Å²) in [5.74, 6) is -26.9. The van der Waals surface area contributed by atoms with E-state index < -0.39 is 112 Å². The minimum atomic E-state index is -5.70. The summed E-state index contributed by atoms with van der Waals surface area (Å²) >= 11 is 0. The minimum Gasteiger partial charge on any atom is -0.252 e. The third-order valence-electron chi connectivity index (χ3n) is 4.72. The first kappa shape index (κ1) is 24.4. The fourth-order valence-corrected chi connectivity index (χ4v) is 6.67. The Morgan fingerprint density at radius 2 is 0.618 bits per heavy atom. The van der Waals surface area contributed by atoms with Crippen molar-refractivity contribution in [2.24, 2.45) is 0 Å². The average Bonchev–Trinajstić information content (AvgIpc) is 3.20. The molecule has 2 unspecified atom stereocenters. The third-order valence-corrected chi connectivity index (χ3v) is 7.68. The molecule has 0 saturated carbocycles. The first-order valence-corrected chi connectivity index (χ1v) is 11.0. The molecule has 0 aliphatic carbocycles. The Bertz CT molecular complexity index is 1380. The van der Waals surface area contributed by atoms with Crippen molar-refractivity contribution >= 4 is 20.2 Å². The Hall–Kier alpha value is -2.70. The Morgan fingerprint density at radius 1 is 0.412 bits per heavy atom. The lowest BCUT2D eigenvalue weighted by Gasteiger charge is -2.18. The van der Waals surface area contributed by atoms with Gasteiger partial charge in [-0.15, -0.1) is 0 Å². The summed E-state index contributed by atoms with van der Waals surface area (Å²) < 4.78 is 196. The van der Waals surface area contributed by atoms with Crippen molar-refractivity contribution in [3.8, 4) is 0 Å². The molecule has 2 aliphatic heterocycles. The second-order valence-electron chi connectivity index (χ2n) is 6.56. The summed E-state index contributed by atoms with van der Waals surface area (Å²) in [5, 5.41) is 0. The van der Waals surface area contributed by atoms with Crippen LogP contribution in [0, 0.1) is 58.2 Å². The highest BCUT2D eigenvalue weighted by molar-refractivity contribution is 7.96. The van der Waals surface area contributed by atoms with Crippen molar-refractivity contribution in [3.63, 3.8) is 0 Å². The molecule has 2 heterocycles. The van der Waals surface area contributed by atoms with Gasteiger partial charge in [-0.1, -0.05) is 0 Å².